The van der Waals surface area contributed by atoms with E-state index in [1.54, 1.807) is 0 Å². The minimum atomic E-state index is -3.54. The molecule has 0 aromatic heterocycles. The van der Waals surface area contributed by atoms with Gasteiger partial charge in [-0.15, -0.1) is 0 Å². The van der Waals surface area contributed by atoms with Gasteiger partial charge in [0.05, 0.1) is 12.3 Å². The number of nitrogens with one attached hydrogen (secondary N) is 1. The standard InChI is InChI=1S/C10H16N2O4S/c1-12-17(14,15)10-4-3-8(7-9(10)11)16-6-2-5-13/h3-4,7,12-13H,2,5-6,11H2,1H3. The molecule has 0 atom stereocenters. The van der Waals surface area contributed by atoms with Crippen LogP contribution in [0, 0.1) is 0 Å². The molecule has 0 saturated carbocycles. The third kappa shape index (κ3) is 3.58. The fraction of sp³-hybridized carbons (Fsp3) is 0.400. The zero-order valence-electron chi connectivity index (χ0n) is 9.51. The number of nitrogens with two attached hydrogens (primary N) is 1. The molecule has 0 unspecified atom stereocenters. The fourth-order valence-corrected chi connectivity index (χ4v) is 2.06. The molecule has 96 valence electrons. The number of sulfonamides is 1. The molecule has 1 aromatic carbocycles. The van der Waals surface area contributed by atoms with Crippen molar-refractivity contribution >= 4 is 15.7 Å². The van der Waals surface area contributed by atoms with Gasteiger partial charge in [-0.3, -0.25) is 0 Å². The van der Waals surface area contributed by atoms with Crippen LogP contribution in [0.2, 0.25) is 0 Å². The Balaban J connectivity index is 2.87. The largest absolute Gasteiger partial charge is 0.493 e. The number of rotatable bonds is 6. The highest BCUT2D eigenvalue weighted by Gasteiger charge is 2.15. The highest BCUT2D eigenvalue weighted by molar-refractivity contribution is 7.89. The van der Waals surface area contributed by atoms with Crippen molar-refractivity contribution in [3.05, 3.63) is 18.2 Å². The number of aliphatic hydroxyl groups is 1. The Hall–Kier alpha value is -1.31. The second-order valence-electron chi connectivity index (χ2n) is 3.33. The van der Waals surface area contributed by atoms with E-state index in [4.69, 9.17) is 15.6 Å². The lowest BCUT2D eigenvalue weighted by atomic mass is 10.3. The minimum absolute atomic E-state index is 0.0227. The number of anilines is 1. The monoisotopic (exact) mass is 260 g/mol. The van der Waals surface area contributed by atoms with Crippen molar-refractivity contribution in [3.8, 4) is 5.75 Å². The summed E-state index contributed by atoms with van der Waals surface area (Å²) in [6.07, 6.45) is 0.510. The number of benzene rings is 1. The second kappa shape index (κ2) is 5.85. The van der Waals surface area contributed by atoms with Crippen LogP contribution >= 0.6 is 0 Å². The van der Waals surface area contributed by atoms with Gasteiger partial charge in [0.1, 0.15) is 10.6 Å². The van der Waals surface area contributed by atoms with E-state index in [0.717, 1.165) is 0 Å². The Bertz CT molecular complexity index is 473. The lowest BCUT2D eigenvalue weighted by Crippen LogP contribution is -2.19. The van der Waals surface area contributed by atoms with Crippen LogP contribution in [-0.2, 0) is 10.0 Å². The summed E-state index contributed by atoms with van der Waals surface area (Å²) in [7, 11) is -2.22. The predicted molar refractivity (Wildman–Crippen MR) is 64.3 cm³/mol. The van der Waals surface area contributed by atoms with E-state index in [1.807, 2.05) is 0 Å². The fourth-order valence-electron chi connectivity index (χ4n) is 1.23. The zero-order chi connectivity index (χ0) is 12.9. The molecule has 0 saturated heterocycles. The van der Waals surface area contributed by atoms with Crippen LogP contribution in [0.3, 0.4) is 0 Å². The van der Waals surface area contributed by atoms with Gasteiger partial charge in [-0.2, -0.15) is 0 Å². The third-order valence-electron chi connectivity index (χ3n) is 2.11. The van der Waals surface area contributed by atoms with E-state index in [0.29, 0.717) is 18.8 Å². The summed E-state index contributed by atoms with van der Waals surface area (Å²) in [6, 6.07) is 4.36. The van der Waals surface area contributed by atoms with Gasteiger partial charge in [-0.05, 0) is 19.2 Å². The van der Waals surface area contributed by atoms with Crippen molar-refractivity contribution < 1.29 is 18.3 Å². The molecule has 0 aliphatic rings. The van der Waals surface area contributed by atoms with E-state index < -0.39 is 10.0 Å². The lowest BCUT2D eigenvalue weighted by Gasteiger charge is -2.09. The molecule has 0 spiro atoms. The Kier molecular flexibility index (Phi) is 4.73. The van der Waals surface area contributed by atoms with Crippen LogP contribution in [-0.4, -0.2) is 33.8 Å². The average Bonchev–Trinajstić information content (AvgIpc) is 2.29. The zero-order valence-corrected chi connectivity index (χ0v) is 10.3. The van der Waals surface area contributed by atoms with Gasteiger partial charge in [0.25, 0.3) is 0 Å². The molecule has 1 rings (SSSR count). The average molecular weight is 260 g/mol. The molecule has 0 aliphatic carbocycles. The first-order chi connectivity index (χ1) is 8.01. The summed E-state index contributed by atoms with van der Waals surface area (Å²) in [6.45, 7) is 0.399. The minimum Gasteiger partial charge on any atom is -0.493 e. The molecular formula is C10H16N2O4S. The molecular weight excluding hydrogens is 244 g/mol. The molecule has 4 N–H and O–H groups in total. The second-order valence-corrected chi connectivity index (χ2v) is 5.19. The molecule has 0 radical (unpaired) electrons. The lowest BCUT2D eigenvalue weighted by molar-refractivity contribution is 0.233. The normalized spacial score (nSPS) is 11.4. The summed E-state index contributed by atoms with van der Waals surface area (Å²) in [5.41, 5.74) is 5.76. The maximum atomic E-state index is 11.5. The van der Waals surface area contributed by atoms with Crippen molar-refractivity contribution in [2.24, 2.45) is 0 Å². The van der Waals surface area contributed by atoms with Gasteiger partial charge < -0.3 is 15.6 Å². The van der Waals surface area contributed by atoms with Crippen LogP contribution in [0.4, 0.5) is 5.69 Å². The smallest absolute Gasteiger partial charge is 0.242 e. The maximum absolute atomic E-state index is 11.5. The van der Waals surface area contributed by atoms with Crippen molar-refractivity contribution in [3.63, 3.8) is 0 Å². The molecule has 0 aliphatic heterocycles. The molecule has 0 amide bonds. The topological polar surface area (TPSA) is 102 Å². The SMILES string of the molecule is CNS(=O)(=O)c1ccc(OCCCO)cc1N. The van der Waals surface area contributed by atoms with E-state index in [1.165, 1.54) is 25.2 Å². The Morgan fingerprint density at radius 1 is 1.47 bits per heavy atom. The summed E-state index contributed by atoms with van der Waals surface area (Å²) >= 11 is 0. The Morgan fingerprint density at radius 3 is 2.71 bits per heavy atom. The number of aliphatic hydroxyl groups excluding tert-OH is 1. The van der Waals surface area contributed by atoms with Crippen molar-refractivity contribution in [2.75, 3.05) is 26.0 Å². The van der Waals surface area contributed by atoms with Gasteiger partial charge in [0.15, 0.2) is 0 Å². The van der Waals surface area contributed by atoms with Gasteiger partial charge in [-0.1, -0.05) is 0 Å². The molecule has 0 fully saturated rings. The molecule has 6 nitrogen and oxygen atoms in total. The summed E-state index contributed by atoms with van der Waals surface area (Å²) in [4.78, 5) is 0.0227. The van der Waals surface area contributed by atoms with Crippen molar-refractivity contribution in [1.82, 2.24) is 4.72 Å². The highest BCUT2D eigenvalue weighted by Crippen LogP contribution is 2.23. The molecule has 7 heteroatoms. The third-order valence-corrected chi connectivity index (χ3v) is 3.60. The first-order valence-corrected chi connectivity index (χ1v) is 6.56. The van der Waals surface area contributed by atoms with Gasteiger partial charge in [0, 0.05) is 19.1 Å². The van der Waals surface area contributed by atoms with Crippen LogP contribution in [0.1, 0.15) is 6.42 Å². The summed E-state index contributed by atoms with van der Waals surface area (Å²) in [5, 5.41) is 8.59. The molecule has 17 heavy (non-hydrogen) atoms. The quantitative estimate of drug-likeness (QED) is 0.491. The van der Waals surface area contributed by atoms with Crippen LogP contribution < -0.4 is 15.2 Å². The van der Waals surface area contributed by atoms with Gasteiger partial charge >= 0.3 is 0 Å². The van der Waals surface area contributed by atoms with Gasteiger partial charge in [0.2, 0.25) is 10.0 Å². The van der Waals surface area contributed by atoms with Crippen LogP contribution in [0.15, 0.2) is 23.1 Å². The number of nitrogen functional groups attached to an aromatic ring is 1. The van der Waals surface area contributed by atoms with E-state index >= 15 is 0 Å². The van der Waals surface area contributed by atoms with Crippen molar-refractivity contribution in [1.29, 1.82) is 0 Å². The van der Waals surface area contributed by atoms with E-state index in [9.17, 15) is 8.42 Å². The first-order valence-electron chi connectivity index (χ1n) is 5.08. The highest BCUT2D eigenvalue weighted by atomic mass is 32.2. The van der Waals surface area contributed by atoms with Crippen LogP contribution in [0.25, 0.3) is 0 Å². The molecule has 0 heterocycles. The maximum Gasteiger partial charge on any atom is 0.242 e. The Labute approximate surface area is 100 Å². The Morgan fingerprint density at radius 2 is 2.18 bits per heavy atom. The van der Waals surface area contributed by atoms with Gasteiger partial charge in [-0.25, -0.2) is 13.1 Å². The number of ether oxygens (including phenoxy) is 1. The van der Waals surface area contributed by atoms with Crippen LogP contribution in [0.5, 0.6) is 5.75 Å². The summed E-state index contributed by atoms with van der Waals surface area (Å²) < 4.78 is 30.5. The first kappa shape index (κ1) is 13.8. The molecule has 1 aromatic rings. The predicted octanol–water partition coefficient (Wildman–Crippen LogP) is -0.0619. The van der Waals surface area contributed by atoms with E-state index in [2.05, 4.69) is 4.72 Å². The van der Waals surface area contributed by atoms with E-state index in [-0.39, 0.29) is 17.2 Å². The summed E-state index contributed by atoms with van der Waals surface area (Å²) in [5.74, 6) is 0.478. The number of hydrogen-bond acceptors (Lipinski definition) is 5. The number of hydrogen-bond donors (Lipinski definition) is 3. The van der Waals surface area contributed by atoms with Crippen molar-refractivity contribution in [2.45, 2.75) is 11.3 Å². The molecule has 0 bridgehead atoms.